The highest BCUT2D eigenvalue weighted by Crippen LogP contribution is 2.22. The third kappa shape index (κ3) is 3.55. The predicted octanol–water partition coefficient (Wildman–Crippen LogP) is 1.94. The summed E-state index contributed by atoms with van der Waals surface area (Å²) in [6.07, 6.45) is 3.80. The molecule has 0 radical (unpaired) electrons. The van der Waals surface area contributed by atoms with Crippen LogP contribution in [0.1, 0.15) is 40.0 Å². The lowest BCUT2D eigenvalue weighted by Crippen LogP contribution is -2.36. The van der Waals surface area contributed by atoms with E-state index in [9.17, 15) is 0 Å². The van der Waals surface area contributed by atoms with E-state index >= 15 is 0 Å². The molecule has 0 unspecified atom stereocenters. The fourth-order valence-corrected chi connectivity index (χ4v) is 1.53. The second kappa shape index (κ2) is 3.75. The van der Waals surface area contributed by atoms with Crippen molar-refractivity contribution in [3.05, 3.63) is 0 Å². The van der Waals surface area contributed by atoms with Gasteiger partial charge < -0.3 is 10.1 Å². The third-order valence-electron chi connectivity index (χ3n) is 2.45. The molecule has 1 aliphatic rings. The van der Waals surface area contributed by atoms with Gasteiger partial charge in [0.05, 0.1) is 5.60 Å². The number of hydrogen-bond acceptors (Lipinski definition) is 2. The first kappa shape index (κ1) is 10.0. The summed E-state index contributed by atoms with van der Waals surface area (Å²) in [6.45, 7) is 6.51. The van der Waals surface area contributed by atoms with Crippen molar-refractivity contribution in [2.45, 2.75) is 57.7 Å². The molecular formula is C10H21NO. The van der Waals surface area contributed by atoms with Gasteiger partial charge >= 0.3 is 0 Å². The largest absolute Gasteiger partial charge is 0.379 e. The van der Waals surface area contributed by atoms with Gasteiger partial charge in [0, 0.05) is 19.2 Å². The van der Waals surface area contributed by atoms with Crippen molar-refractivity contribution in [2.24, 2.45) is 0 Å². The van der Waals surface area contributed by atoms with Crippen molar-refractivity contribution in [1.82, 2.24) is 5.32 Å². The summed E-state index contributed by atoms with van der Waals surface area (Å²) in [4.78, 5) is 0. The van der Waals surface area contributed by atoms with Crippen LogP contribution in [0, 0.1) is 0 Å². The van der Waals surface area contributed by atoms with Crippen LogP contribution in [0.3, 0.4) is 0 Å². The fraction of sp³-hybridized carbons (Fsp3) is 1.00. The van der Waals surface area contributed by atoms with E-state index in [0.29, 0.717) is 6.04 Å². The maximum absolute atomic E-state index is 5.37. The van der Waals surface area contributed by atoms with Gasteiger partial charge in [-0.1, -0.05) is 0 Å². The Kier molecular flexibility index (Phi) is 3.13. The van der Waals surface area contributed by atoms with E-state index in [2.05, 4.69) is 26.1 Å². The van der Waals surface area contributed by atoms with E-state index in [1.54, 1.807) is 7.11 Å². The minimum absolute atomic E-state index is 0.0152. The van der Waals surface area contributed by atoms with E-state index in [0.717, 1.165) is 12.5 Å². The van der Waals surface area contributed by atoms with Crippen molar-refractivity contribution in [2.75, 3.05) is 7.11 Å². The summed E-state index contributed by atoms with van der Waals surface area (Å²) in [5.41, 5.74) is 0.0152. The first-order valence-electron chi connectivity index (χ1n) is 4.85. The Labute approximate surface area is 75.7 Å². The Bertz CT molecular complexity index is 141. The van der Waals surface area contributed by atoms with Crippen LogP contribution in [0.2, 0.25) is 0 Å². The summed E-state index contributed by atoms with van der Waals surface area (Å²) < 4.78 is 5.37. The van der Waals surface area contributed by atoms with Crippen LogP contribution in [0.15, 0.2) is 0 Å². The number of methoxy groups -OCH3 is 1. The molecule has 0 spiro atoms. The number of ether oxygens (including phenoxy) is 1. The summed E-state index contributed by atoms with van der Waals surface area (Å²) in [6, 6.07) is 1.38. The zero-order valence-electron chi connectivity index (χ0n) is 8.68. The molecule has 12 heavy (non-hydrogen) atoms. The standard InChI is InChI=1S/C10H21NO/c1-8(11-9-5-6-9)7-10(2,3)12-4/h8-9,11H,5-7H2,1-4H3/t8-/m1/s1. The van der Waals surface area contributed by atoms with Crippen LogP contribution >= 0.6 is 0 Å². The lowest BCUT2D eigenvalue weighted by molar-refractivity contribution is 0.00846. The molecule has 0 saturated heterocycles. The van der Waals surface area contributed by atoms with Crippen LogP contribution < -0.4 is 5.32 Å². The average Bonchev–Trinajstić information content (AvgIpc) is 2.70. The first-order chi connectivity index (χ1) is 5.53. The average molecular weight is 171 g/mol. The summed E-state index contributed by atoms with van der Waals surface area (Å²) in [5, 5.41) is 3.56. The molecule has 1 N–H and O–H groups in total. The molecule has 1 atom stereocenters. The minimum Gasteiger partial charge on any atom is -0.379 e. The Morgan fingerprint density at radius 2 is 2.08 bits per heavy atom. The first-order valence-corrected chi connectivity index (χ1v) is 4.85. The van der Waals surface area contributed by atoms with E-state index in [1.807, 2.05) is 0 Å². The SMILES string of the molecule is COC(C)(C)C[C@@H](C)NC1CC1. The fourth-order valence-electron chi connectivity index (χ4n) is 1.53. The number of nitrogens with one attached hydrogen (secondary N) is 1. The molecule has 2 heteroatoms. The van der Waals surface area contributed by atoms with Gasteiger partial charge in [0.1, 0.15) is 0 Å². The quantitative estimate of drug-likeness (QED) is 0.682. The molecular weight excluding hydrogens is 150 g/mol. The van der Waals surface area contributed by atoms with Crippen molar-refractivity contribution in [3.8, 4) is 0 Å². The molecule has 0 aliphatic heterocycles. The van der Waals surface area contributed by atoms with Crippen LogP contribution in [-0.2, 0) is 4.74 Å². The van der Waals surface area contributed by atoms with Gasteiger partial charge in [0.2, 0.25) is 0 Å². The van der Waals surface area contributed by atoms with E-state index in [1.165, 1.54) is 12.8 Å². The second-order valence-electron chi connectivity index (χ2n) is 4.51. The van der Waals surface area contributed by atoms with Crippen molar-refractivity contribution in [1.29, 1.82) is 0 Å². The highest BCUT2D eigenvalue weighted by molar-refractivity contribution is 4.85. The van der Waals surface area contributed by atoms with Crippen LogP contribution in [-0.4, -0.2) is 24.8 Å². The van der Waals surface area contributed by atoms with Gasteiger partial charge in [-0.25, -0.2) is 0 Å². The monoisotopic (exact) mass is 171 g/mol. The van der Waals surface area contributed by atoms with Gasteiger partial charge in [-0.15, -0.1) is 0 Å². The van der Waals surface area contributed by atoms with Crippen molar-refractivity contribution >= 4 is 0 Å². The second-order valence-corrected chi connectivity index (χ2v) is 4.51. The summed E-state index contributed by atoms with van der Waals surface area (Å²) in [5.74, 6) is 0. The molecule has 0 aromatic rings. The Morgan fingerprint density at radius 3 is 2.50 bits per heavy atom. The van der Waals surface area contributed by atoms with Crippen LogP contribution in [0.25, 0.3) is 0 Å². The number of rotatable bonds is 5. The molecule has 0 aromatic carbocycles. The summed E-state index contributed by atoms with van der Waals surface area (Å²) >= 11 is 0. The topological polar surface area (TPSA) is 21.3 Å². The van der Waals surface area contributed by atoms with Gasteiger partial charge in [-0.05, 0) is 40.0 Å². The smallest absolute Gasteiger partial charge is 0.0637 e. The maximum atomic E-state index is 5.37. The van der Waals surface area contributed by atoms with E-state index in [-0.39, 0.29) is 5.60 Å². The highest BCUT2D eigenvalue weighted by atomic mass is 16.5. The molecule has 2 nitrogen and oxygen atoms in total. The Balaban J connectivity index is 2.18. The molecule has 1 rings (SSSR count). The normalized spacial score (nSPS) is 21.0. The summed E-state index contributed by atoms with van der Waals surface area (Å²) in [7, 11) is 1.78. The molecule has 72 valence electrons. The Morgan fingerprint density at radius 1 is 1.50 bits per heavy atom. The maximum Gasteiger partial charge on any atom is 0.0637 e. The zero-order chi connectivity index (χ0) is 9.19. The van der Waals surface area contributed by atoms with Gasteiger partial charge in [0.15, 0.2) is 0 Å². The molecule has 1 fully saturated rings. The predicted molar refractivity (Wildman–Crippen MR) is 51.3 cm³/mol. The van der Waals surface area contributed by atoms with Crippen molar-refractivity contribution < 1.29 is 4.74 Å². The minimum atomic E-state index is 0.0152. The zero-order valence-corrected chi connectivity index (χ0v) is 8.68. The lowest BCUT2D eigenvalue weighted by Gasteiger charge is -2.27. The van der Waals surface area contributed by atoms with Gasteiger partial charge in [-0.3, -0.25) is 0 Å². The third-order valence-corrected chi connectivity index (χ3v) is 2.45. The highest BCUT2D eigenvalue weighted by Gasteiger charge is 2.26. The van der Waals surface area contributed by atoms with E-state index in [4.69, 9.17) is 4.74 Å². The van der Waals surface area contributed by atoms with Gasteiger partial charge in [-0.2, -0.15) is 0 Å². The number of hydrogen-bond donors (Lipinski definition) is 1. The lowest BCUT2D eigenvalue weighted by atomic mass is 10.00. The molecule has 1 saturated carbocycles. The molecule has 0 heterocycles. The molecule has 1 aliphatic carbocycles. The molecule has 0 bridgehead atoms. The molecule has 0 amide bonds. The van der Waals surface area contributed by atoms with Crippen LogP contribution in [0.4, 0.5) is 0 Å². The van der Waals surface area contributed by atoms with E-state index < -0.39 is 0 Å². The Hall–Kier alpha value is -0.0800. The van der Waals surface area contributed by atoms with Gasteiger partial charge in [0.25, 0.3) is 0 Å². The van der Waals surface area contributed by atoms with Crippen LogP contribution in [0.5, 0.6) is 0 Å². The molecule has 0 aromatic heterocycles. The van der Waals surface area contributed by atoms with Crippen molar-refractivity contribution in [3.63, 3.8) is 0 Å².